The average molecular weight is 283 g/mol. The maximum Gasteiger partial charge on any atom is 0.417 e. The molecule has 1 aromatic heterocycles. The first kappa shape index (κ1) is 15.0. The van der Waals surface area contributed by atoms with E-state index in [4.69, 9.17) is 22.1 Å². The van der Waals surface area contributed by atoms with Crippen LogP contribution in [-0.2, 0) is 6.18 Å². The van der Waals surface area contributed by atoms with Crippen LogP contribution in [0.1, 0.15) is 25.8 Å². The normalized spacial score (nSPS) is 15.3. The van der Waals surface area contributed by atoms with Gasteiger partial charge in [-0.3, -0.25) is 0 Å². The lowest BCUT2D eigenvalue weighted by Crippen LogP contribution is -2.41. The fourth-order valence-corrected chi connectivity index (χ4v) is 1.24. The van der Waals surface area contributed by atoms with Crippen molar-refractivity contribution in [3.8, 4) is 5.88 Å². The molecule has 7 heteroatoms. The first-order valence-electron chi connectivity index (χ1n) is 5.30. The summed E-state index contributed by atoms with van der Waals surface area (Å²) < 4.78 is 42.3. The second-order valence-electron chi connectivity index (χ2n) is 4.30. The Kier molecular flexibility index (Phi) is 4.45. The summed E-state index contributed by atoms with van der Waals surface area (Å²) in [6.07, 6.45) is -3.13. The average Bonchev–Trinajstić information content (AvgIpc) is 2.26. The van der Waals surface area contributed by atoms with E-state index in [1.165, 1.54) is 0 Å². The van der Waals surface area contributed by atoms with Crippen molar-refractivity contribution in [2.75, 3.05) is 6.61 Å². The van der Waals surface area contributed by atoms with Gasteiger partial charge in [0.05, 0.1) is 5.56 Å². The van der Waals surface area contributed by atoms with Crippen LogP contribution in [0.25, 0.3) is 0 Å². The molecule has 1 heterocycles. The molecule has 18 heavy (non-hydrogen) atoms. The highest BCUT2D eigenvalue weighted by Gasteiger charge is 2.32. The molecule has 0 saturated heterocycles. The largest absolute Gasteiger partial charge is 0.475 e. The highest BCUT2D eigenvalue weighted by atomic mass is 35.5. The van der Waals surface area contributed by atoms with Crippen molar-refractivity contribution in [2.24, 2.45) is 5.73 Å². The van der Waals surface area contributed by atoms with Crippen LogP contribution in [-0.4, -0.2) is 17.1 Å². The molecule has 1 atom stereocenters. The van der Waals surface area contributed by atoms with Crippen LogP contribution in [0.15, 0.2) is 12.3 Å². The Hall–Kier alpha value is -1.01. The molecule has 0 fully saturated rings. The lowest BCUT2D eigenvalue weighted by molar-refractivity contribution is -0.137. The number of nitrogens with zero attached hydrogens (tertiary/aromatic N) is 1. The van der Waals surface area contributed by atoms with Gasteiger partial charge < -0.3 is 10.5 Å². The van der Waals surface area contributed by atoms with Crippen LogP contribution in [0.5, 0.6) is 5.88 Å². The molecule has 0 aliphatic heterocycles. The lowest BCUT2D eigenvalue weighted by atomic mass is 10.0. The number of hydrogen-bond acceptors (Lipinski definition) is 3. The monoisotopic (exact) mass is 282 g/mol. The van der Waals surface area contributed by atoms with E-state index in [9.17, 15) is 13.2 Å². The molecule has 0 saturated carbocycles. The predicted octanol–water partition coefficient (Wildman–Crippen LogP) is 3.26. The number of ether oxygens (including phenoxy) is 1. The minimum Gasteiger partial charge on any atom is -0.475 e. The molecule has 0 bridgehead atoms. The Morgan fingerprint density at radius 2 is 2.06 bits per heavy atom. The van der Waals surface area contributed by atoms with Gasteiger partial charge in [-0.25, -0.2) is 4.98 Å². The molecule has 0 aliphatic carbocycles. The molecular weight excluding hydrogens is 269 g/mol. The van der Waals surface area contributed by atoms with Crippen molar-refractivity contribution in [3.05, 3.63) is 22.8 Å². The summed E-state index contributed by atoms with van der Waals surface area (Å²) in [6.45, 7) is 3.78. The van der Waals surface area contributed by atoms with E-state index in [0.29, 0.717) is 12.6 Å². The van der Waals surface area contributed by atoms with E-state index in [0.717, 1.165) is 6.07 Å². The molecule has 0 aliphatic rings. The number of aromatic nitrogens is 1. The maximum atomic E-state index is 12.4. The van der Waals surface area contributed by atoms with Crippen LogP contribution in [0, 0.1) is 0 Å². The topological polar surface area (TPSA) is 48.1 Å². The molecule has 0 radical (unpaired) electrons. The van der Waals surface area contributed by atoms with Gasteiger partial charge in [-0.15, -0.1) is 0 Å². The summed E-state index contributed by atoms with van der Waals surface area (Å²) in [4.78, 5) is 3.55. The van der Waals surface area contributed by atoms with Crippen LogP contribution in [0.2, 0.25) is 5.02 Å². The standard InChI is InChI=1S/C11H14ClF3N2O/c1-3-10(2,16)6-18-9-8(12)4-7(5-17-9)11(13,14)15/h4-5H,3,6,16H2,1-2H3. The van der Waals surface area contributed by atoms with Gasteiger partial charge >= 0.3 is 6.18 Å². The van der Waals surface area contributed by atoms with Crippen LogP contribution < -0.4 is 10.5 Å². The quantitative estimate of drug-likeness (QED) is 0.922. The molecule has 0 spiro atoms. The van der Waals surface area contributed by atoms with E-state index in [-0.39, 0.29) is 17.5 Å². The second kappa shape index (κ2) is 5.32. The first-order chi connectivity index (χ1) is 8.15. The van der Waals surface area contributed by atoms with Crippen molar-refractivity contribution in [1.29, 1.82) is 0 Å². The van der Waals surface area contributed by atoms with Gasteiger partial charge in [0.25, 0.3) is 0 Å². The van der Waals surface area contributed by atoms with E-state index < -0.39 is 17.3 Å². The zero-order valence-electron chi connectivity index (χ0n) is 10.0. The Morgan fingerprint density at radius 3 is 2.50 bits per heavy atom. The van der Waals surface area contributed by atoms with Gasteiger partial charge in [-0.05, 0) is 19.4 Å². The molecule has 102 valence electrons. The molecular formula is C11H14ClF3N2O. The van der Waals surface area contributed by atoms with Crippen molar-refractivity contribution in [2.45, 2.75) is 32.0 Å². The van der Waals surface area contributed by atoms with Crippen molar-refractivity contribution in [3.63, 3.8) is 0 Å². The first-order valence-corrected chi connectivity index (χ1v) is 5.68. The summed E-state index contributed by atoms with van der Waals surface area (Å²) in [5, 5.41) is -0.184. The highest BCUT2D eigenvalue weighted by Crippen LogP contribution is 2.33. The smallest absolute Gasteiger partial charge is 0.417 e. The zero-order chi connectivity index (χ0) is 14.0. The lowest BCUT2D eigenvalue weighted by Gasteiger charge is -2.22. The maximum absolute atomic E-state index is 12.4. The van der Waals surface area contributed by atoms with Crippen molar-refractivity contribution < 1.29 is 17.9 Å². The van der Waals surface area contributed by atoms with Gasteiger partial charge in [0.15, 0.2) is 0 Å². The summed E-state index contributed by atoms with van der Waals surface area (Å²) in [6, 6.07) is 0.781. The molecule has 3 nitrogen and oxygen atoms in total. The fraction of sp³-hybridized carbons (Fsp3) is 0.545. The van der Waals surface area contributed by atoms with Gasteiger partial charge in [-0.1, -0.05) is 18.5 Å². The van der Waals surface area contributed by atoms with Gasteiger partial charge in [0.2, 0.25) is 5.88 Å². The molecule has 2 N–H and O–H groups in total. The van der Waals surface area contributed by atoms with Gasteiger partial charge in [0.1, 0.15) is 11.6 Å². The third-order valence-corrected chi connectivity index (χ3v) is 2.75. The molecule has 1 unspecified atom stereocenters. The van der Waals surface area contributed by atoms with E-state index >= 15 is 0 Å². The molecule has 1 rings (SSSR count). The minimum atomic E-state index is -4.47. The third kappa shape index (κ3) is 4.03. The van der Waals surface area contributed by atoms with Crippen LogP contribution >= 0.6 is 11.6 Å². The predicted molar refractivity (Wildman–Crippen MR) is 62.6 cm³/mol. The minimum absolute atomic E-state index is 0.0465. The Morgan fingerprint density at radius 1 is 1.44 bits per heavy atom. The third-order valence-electron chi connectivity index (χ3n) is 2.48. The number of rotatable bonds is 4. The zero-order valence-corrected chi connectivity index (χ0v) is 10.8. The number of nitrogens with two attached hydrogens (primary N) is 1. The Labute approximate surface area is 108 Å². The summed E-state index contributed by atoms with van der Waals surface area (Å²) in [5.41, 5.74) is 4.35. The molecule has 1 aromatic rings. The Bertz CT molecular complexity index is 421. The Balaban J connectivity index is 2.81. The van der Waals surface area contributed by atoms with Gasteiger partial charge in [0, 0.05) is 11.7 Å². The van der Waals surface area contributed by atoms with E-state index in [1.807, 2.05) is 6.92 Å². The van der Waals surface area contributed by atoms with E-state index in [1.54, 1.807) is 6.92 Å². The second-order valence-corrected chi connectivity index (χ2v) is 4.71. The van der Waals surface area contributed by atoms with E-state index in [2.05, 4.69) is 4.98 Å². The number of halogens is 4. The SMILES string of the molecule is CCC(C)(N)COc1ncc(C(F)(F)F)cc1Cl. The van der Waals surface area contributed by atoms with Crippen molar-refractivity contribution >= 4 is 11.6 Å². The number of hydrogen-bond donors (Lipinski definition) is 1. The summed E-state index contributed by atoms with van der Waals surface area (Å²) in [5.74, 6) is -0.0465. The van der Waals surface area contributed by atoms with Crippen LogP contribution in [0.3, 0.4) is 0 Å². The fourth-order valence-electron chi connectivity index (χ4n) is 1.02. The number of alkyl halides is 3. The number of pyridine rings is 1. The molecule has 0 amide bonds. The van der Waals surface area contributed by atoms with Gasteiger partial charge in [-0.2, -0.15) is 13.2 Å². The summed E-state index contributed by atoms with van der Waals surface area (Å²) >= 11 is 5.68. The highest BCUT2D eigenvalue weighted by molar-refractivity contribution is 6.31. The van der Waals surface area contributed by atoms with Crippen molar-refractivity contribution in [1.82, 2.24) is 4.98 Å². The molecule has 0 aromatic carbocycles. The van der Waals surface area contributed by atoms with Crippen LogP contribution in [0.4, 0.5) is 13.2 Å². The summed E-state index contributed by atoms with van der Waals surface area (Å²) in [7, 11) is 0.